The molecule has 0 aromatic heterocycles. The summed E-state index contributed by atoms with van der Waals surface area (Å²) in [4.78, 5) is 18.5. The number of nitriles is 1. The van der Waals surface area contributed by atoms with Crippen LogP contribution in [0.5, 0.6) is 0 Å². The fourth-order valence-electron chi connectivity index (χ4n) is 2.51. The Morgan fingerprint density at radius 3 is 2.71 bits per heavy atom. The van der Waals surface area contributed by atoms with Gasteiger partial charge in [-0.15, -0.1) is 5.10 Å². The van der Waals surface area contributed by atoms with Crippen LogP contribution in [0.3, 0.4) is 0 Å². The van der Waals surface area contributed by atoms with E-state index in [1.165, 1.54) is 19.1 Å². The van der Waals surface area contributed by atoms with Crippen molar-refractivity contribution in [2.45, 2.75) is 31.8 Å². The lowest BCUT2D eigenvalue weighted by Crippen LogP contribution is -2.54. The molecule has 0 spiro atoms. The zero-order chi connectivity index (χ0) is 16.0. The molecule has 1 heterocycles. The van der Waals surface area contributed by atoms with Gasteiger partial charge < -0.3 is 5.73 Å². The molecule has 1 saturated heterocycles. The molecule has 4 N–H and O–H groups in total. The van der Waals surface area contributed by atoms with Crippen LogP contribution >= 0.6 is 0 Å². The summed E-state index contributed by atoms with van der Waals surface area (Å²) in [5.41, 5.74) is 5.80. The number of hydrogen-bond donors (Lipinski definition) is 2. The second-order valence-corrected chi connectivity index (χ2v) is 5.00. The van der Waals surface area contributed by atoms with Gasteiger partial charge in [0.2, 0.25) is 5.91 Å². The SMILES string of the molecule is CON(C(C)=O)C1CCC(C#N)N(C/C(N)=N/N(C)N)C1. The number of amides is 1. The van der Waals surface area contributed by atoms with Crippen LogP contribution in [0.4, 0.5) is 0 Å². The van der Waals surface area contributed by atoms with Crippen molar-refractivity contribution in [1.29, 1.82) is 5.26 Å². The Kier molecular flexibility index (Phi) is 6.36. The summed E-state index contributed by atoms with van der Waals surface area (Å²) < 4.78 is 0. The van der Waals surface area contributed by atoms with Gasteiger partial charge >= 0.3 is 0 Å². The number of hydrogen-bond acceptors (Lipinski definition) is 7. The fourth-order valence-corrected chi connectivity index (χ4v) is 2.51. The average Bonchev–Trinajstić information content (AvgIpc) is 2.38. The molecular formula is C12H23N7O2. The van der Waals surface area contributed by atoms with Crippen molar-refractivity contribution in [2.24, 2.45) is 16.7 Å². The van der Waals surface area contributed by atoms with E-state index in [0.29, 0.717) is 31.8 Å². The van der Waals surface area contributed by atoms with Crippen molar-refractivity contribution in [3.05, 3.63) is 0 Å². The molecule has 0 aromatic carbocycles. The molecule has 1 amide bonds. The highest BCUT2D eigenvalue weighted by molar-refractivity contribution is 5.82. The third-order valence-corrected chi connectivity index (χ3v) is 3.30. The van der Waals surface area contributed by atoms with Crippen LogP contribution in [-0.2, 0) is 9.63 Å². The van der Waals surface area contributed by atoms with E-state index in [9.17, 15) is 10.1 Å². The highest BCUT2D eigenvalue weighted by Crippen LogP contribution is 2.21. The molecular weight excluding hydrogens is 274 g/mol. The van der Waals surface area contributed by atoms with E-state index in [1.807, 2.05) is 4.90 Å². The van der Waals surface area contributed by atoms with Gasteiger partial charge in [0, 0.05) is 20.5 Å². The maximum absolute atomic E-state index is 11.5. The summed E-state index contributed by atoms with van der Waals surface area (Å²) in [5.74, 6) is 5.56. The van der Waals surface area contributed by atoms with Crippen molar-refractivity contribution in [3.8, 4) is 6.07 Å². The van der Waals surface area contributed by atoms with Crippen LogP contribution in [-0.4, -0.2) is 66.2 Å². The molecule has 1 aliphatic rings. The van der Waals surface area contributed by atoms with Gasteiger partial charge in [-0.1, -0.05) is 0 Å². The van der Waals surface area contributed by atoms with E-state index < -0.39 is 0 Å². The maximum Gasteiger partial charge on any atom is 0.243 e. The highest BCUT2D eigenvalue weighted by Gasteiger charge is 2.33. The van der Waals surface area contributed by atoms with Crippen LogP contribution in [0.15, 0.2) is 5.10 Å². The normalized spacial score (nSPS) is 23.5. The first kappa shape index (κ1) is 17.2. The number of carbonyl (C=O) groups excluding carboxylic acids is 1. The molecule has 21 heavy (non-hydrogen) atoms. The zero-order valence-electron chi connectivity index (χ0n) is 12.7. The van der Waals surface area contributed by atoms with E-state index in [2.05, 4.69) is 11.2 Å². The molecule has 1 rings (SSSR count). The largest absolute Gasteiger partial charge is 0.385 e. The van der Waals surface area contributed by atoms with E-state index in [1.54, 1.807) is 7.05 Å². The first-order chi connectivity index (χ1) is 9.88. The lowest BCUT2D eigenvalue weighted by molar-refractivity contribution is -0.191. The van der Waals surface area contributed by atoms with E-state index >= 15 is 0 Å². The molecule has 0 saturated carbocycles. The molecule has 1 fully saturated rings. The second kappa shape index (κ2) is 7.78. The number of likely N-dealkylation sites (tertiary alicyclic amines) is 1. The summed E-state index contributed by atoms with van der Waals surface area (Å²) in [7, 11) is 3.03. The standard InChI is InChI=1S/C12H23N7O2/c1-9(20)19(21-3)11-5-4-10(6-13)18(7-11)8-12(14)16-17(2)15/h10-11H,4-5,7-8,15H2,1-3H3,(H2,14,16). The second-order valence-electron chi connectivity index (χ2n) is 5.00. The van der Waals surface area contributed by atoms with Gasteiger partial charge in [-0.05, 0) is 12.8 Å². The Hall–Kier alpha value is -1.89. The van der Waals surface area contributed by atoms with Gasteiger partial charge in [-0.3, -0.25) is 14.5 Å². The van der Waals surface area contributed by atoms with Gasteiger partial charge in [0.15, 0.2) is 0 Å². The number of rotatable bonds is 5. The van der Waals surface area contributed by atoms with Crippen LogP contribution in [0.1, 0.15) is 19.8 Å². The van der Waals surface area contributed by atoms with Crippen molar-refractivity contribution in [2.75, 3.05) is 27.2 Å². The van der Waals surface area contributed by atoms with Gasteiger partial charge in [-0.25, -0.2) is 16.0 Å². The van der Waals surface area contributed by atoms with Crippen LogP contribution < -0.4 is 11.6 Å². The molecule has 9 nitrogen and oxygen atoms in total. The minimum atomic E-state index is -0.260. The lowest BCUT2D eigenvalue weighted by Gasteiger charge is -2.39. The van der Waals surface area contributed by atoms with Crippen LogP contribution in [0.2, 0.25) is 0 Å². The molecule has 118 valence electrons. The van der Waals surface area contributed by atoms with E-state index in [4.69, 9.17) is 16.4 Å². The third-order valence-electron chi connectivity index (χ3n) is 3.30. The molecule has 0 aliphatic carbocycles. The summed E-state index contributed by atoms with van der Waals surface area (Å²) in [6.45, 7) is 2.26. The summed E-state index contributed by atoms with van der Waals surface area (Å²) in [5, 5.41) is 15.6. The van der Waals surface area contributed by atoms with Crippen molar-refractivity contribution in [3.63, 3.8) is 0 Å². The number of carbonyl (C=O) groups is 1. The van der Waals surface area contributed by atoms with Crippen molar-refractivity contribution >= 4 is 11.7 Å². The molecule has 9 heteroatoms. The molecule has 2 atom stereocenters. The topological polar surface area (TPSA) is 124 Å². The van der Waals surface area contributed by atoms with E-state index in [0.717, 1.165) is 5.12 Å². The third kappa shape index (κ3) is 4.86. The molecule has 2 unspecified atom stereocenters. The minimum Gasteiger partial charge on any atom is -0.385 e. The number of piperidine rings is 1. The zero-order valence-corrected chi connectivity index (χ0v) is 12.7. The monoisotopic (exact) mass is 297 g/mol. The van der Waals surface area contributed by atoms with Gasteiger partial charge in [0.1, 0.15) is 5.84 Å². The first-order valence-electron chi connectivity index (χ1n) is 6.68. The quantitative estimate of drug-likeness (QED) is 0.283. The van der Waals surface area contributed by atoms with E-state index in [-0.39, 0.29) is 18.0 Å². The Bertz CT molecular complexity index is 432. The predicted octanol–water partition coefficient (Wildman–Crippen LogP) is -1.17. The molecule has 0 radical (unpaired) electrons. The van der Waals surface area contributed by atoms with Gasteiger partial charge in [0.05, 0.1) is 31.8 Å². The minimum absolute atomic E-state index is 0.111. The number of nitrogens with zero attached hydrogens (tertiary/aromatic N) is 5. The van der Waals surface area contributed by atoms with Gasteiger partial charge in [-0.2, -0.15) is 5.26 Å². The number of amidine groups is 1. The Balaban J connectivity index is 2.79. The maximum atomic E-state index is 11.5. The highest BCUT2D eigenvalue weighted by atomic mass is 16.7. The lowest BCUT2D eigenvalue weighted by atomic mass is 9.98. The van der Waals surface area contributed by atoms with Gasteiger partial charge in [0.25, 0.3) is 0 Å². The summed E-state index contributed by atoms with van der Waals surface area (Å²) in [6.07, 6.45) is 1.34. The summed E-state index contributed by atoms with van der Waals surface area (Å²) in [6, 6.07) is 1.87. The first-order valence-corrected chi connectivity index (χ1v) is 6.68. The predicted molar refractivity (Wildman–Crippen MR) is 77.1 cm³/mol. The average molecular weight is 297 g/mol. The number of hydroxylamine groups is 2. The molecule has 0 bridgehead atoms. The van der Waals surface area contributed by atoms with Crippen molar-refractivity contribution < 1.29 is 9.63 Å². The number of hydrazone groups is 1. The van der Waals surface area contributed by atoms with Crippen LogP contribution in [0, 0.1) is 11.3 Å². The van der Waals surface area contributed by atoms with Crippen LogP contribution in [0.25, 0.3) is 0 Å². The Morgan fingerprint density at radius 2 is 2.24 bits per heavy atom. The number of nitrogens with two attached hydrogens (primary N) is 2. The molecule has 0 aromatic rings. The Morgan fingerprint density at radius 1 is 1.57 bits per heavy atom. The molecule has 1 aliphatic heterocycles. The van der Waals surface area contributed by atoms with Crippen molar-refractivity contribution in [1.82, 2.24) is 15.1 Å². The summed E-state index contributed by atoms with van der Waals surface area (Å²) >= 11 is 0. The smallest absolute Gasteiger partial charge is 0.243 e. The fraction of sp³-hybridized carbons (Fsp3) is 0.750. The number of hydrazine groups is 1. The Labute approximate surface area is 124 Å².